The van der Waals surface area contributed by atoms with Crippen LogP contribution in [0.3, 0.4) is 0 Å². The van der Waals surface area contributed by atoms with Crippen LogP contribution in [0.15, 0.2) is 78.9 Å². The van der Waals surface area contributed by atoms with E-state index in [0.29, 0.717) is 21.8 Å². The van der Waals surface area contributed by atoms with Crippen LogP contribution in [0.25, 0.3) is 6.08 Å². The fourth-order valence-electron chi connectivity index (χ4n) is 5.26. The second-order valence-corrected chi connectivity index (χ2v) is 8.90. The molecule has 2 N–H and O–H groups in total. The second-order valence-electron chi connectivity index (χ2n) is 8.46. The largest absolute Gasteiger partial charge is 0.368 e. The monoisotopic (exact) mass is 471 g/mol. The number of hydrogen-bond donors (Lipinski definition) is 1. The summed E-state index contributed by atoms with van der Waals surface area (Å²) < 4.78 is 13.8. The first kappa shape index (κ1) is 21.9. The standard InChI is InChI=1S/C27H19ClFN3O2/c28-19-10-5-18(6-11-19)25(33)24-23(17-7-12-20(29)13-8-17)27(15-30,26(31)34)22-14-9-16-3-1-2-4-21(16)32(22)24/h1-14,22-24H,(H2,31,34)/t22-,23+,24-,27+/m0/s1. The molecule has 7 heteroatoms. The lowest BCUT2D eigenvalue weighted by Crippen LogP contribution is -2.49. The van der Waals surface area contributed by atoms with Crippen LogP contribution >= 0.6 is 11.6 Å². The molecule has 1 saturated heterocycles. The van der Waals surface area contributed by atoms with Gasteiger partial charge in [0.15, 0.2) is 11.2 Å². The normalized spacial score (nSPS) is 24.7. The van der Waals surface area contributed by atoms with Gasteiger partial charge >= 0.3 is 0 Å². The zero-order chi connectivity index (χ0) is 24.0. The van der Waals surface area contributed by atoms with Gasteiger partial charge in [-0.25, -0.2) is 4.39 Å². The number of nitriles is 1. The number of carbonyl (C=O) groups is 2. The van der Waals surface area contributed by atoms with E-state index < -0.39 is 35.1 Å². The van der Waals surface area contributed by atoms with Gasteiger partial charge in [-0.2, -0.15) is 5.26 Å². The summed E-state index contributed by atoms with van der Waals surface area (Å²) in [5, 5.41) is 10.9. The average molecular weight is 472 g/mol. The Hall–Kier alpha value is -3.95. The molecule has 4 atom stereocenters. The minimum Gasteiger partial charge on any atom is -0.368 e. The summed E-state index contributed by atoms with van der Waals surface area (Å²) >= 11 is 6.03. The lowest BCUT2D eigenvalue weighted by Gasteiger charge is -2.36. The van der Waals surface area contributed by atoms with E-state index in [2.05, 4.69) is 6.07 Å². The number of hydrogen-bond acceptors (Lipinski definition) is 4. The first-order chi connectivity index (χ1) is 16.4. The Morgan fingerprint density at radius 2 is 1.71 bits per heavy atom. The van der Waals surface area contributed by atoms with E-state index in [9.17, 15) is 19.2 Å². The highest BCUT2D eigenvalue weighted by Gasteiger charge is 2.65. The van der Waals surface area contributed by atoms with Crippen molar-refractivity contribution in [2.24, 2.45) is 11.1 Å². The molecule has 2 aliphatic rings. The van der Waals surface area contributed by atoms with Gasteiger partial charge in [-0.3, -0.25) is 9.59 Å². The number of amides is 1. The van der Waals surface area contributed by atoms with E-state index in [1.807, 2.05) is 35.2 Å². The number of carbonyl (C=O) groups excluding carboxylic acids is 2. The maximum Gasteiger partial charge on any atom is 0.241 e. The van der Waals surface area contributed by atoms with Crippen LogP contribution in [0, 0.1) is 22.6 Å². The van der Waals surface area contributed by atoms with Gasteiger partial charge in [-0.15, -0.1) is 0 Å². The van der Waals surface area contributed by atoms with E-state index >= 15 is 0 Å². The van der Waals surface area contributed by atoms with Crippen LogP contribution in [0.1, 0.15) is 27.4 Å². The molecule has 3 aromatic rings. The number of nitrogens with zero attached hydrogens (tertiary/aromatic N) is 2. The number of rotatable bonds is 4. The Morgan fingerprint density at radius 1 is 1.03 bits per heavy atom. The Morgan fingerprint density at radius 3 is 2.35 bits per heavy atom. The van der Waals surface area contributed by atoms with Crippen LogP contribution in [0.4, 0.5) is 10.1 Å². The fraction of sp³-hybridized carbons (Fsp3) is 0.148. The molecule has 5 nitrogen and oxygen atoms in total. The van der Waals surface area contributed by atoms with Crippen molar-refractivity contribution in [3.8, 4) is 6.07 Å². The van der Waals surface area contributed by atoms with Gasteiger partial charge in [0.05, 0.1) is 12.1 Å². The summed E-state index contributed by atoms with van der Waals surface area (Å²) in [6, 6.07) is 19.9. The van der Waals surface area contributed by atoms with Crippen molar-refractivity contribution in [2.75, 3.05) is 4.90 Å². The molecule has 1 amide bonds. The molecular weight excluding hydrogens is 453 g/mol. The summed E-state index contributed by atoms with van der Waals surface area (Å²) in [5.74, 6) is -2.54. The third-order valence-electron chi connectivity index (χ3n) is 6.76. The molecule has 5 rings (SSSR count). The molecule has 2 heterocycles. The molecule has 0 unspecified atom stereocenters. The highest BCUT2D eigenvalue weighted by Crippen LogP contribution is 2.55. The van der Waals surface area contributed by atoms with Crippen LogP contribution in [-0.2, 0) is 4.79 Å². The highest BCUT2D eigenvalue weighted by molar-refractivity contribution is 6.30. The number of para-hydroxylation sites is 1. The molecule has 2 aliphatic heterocycles. The van der Waals surface area contributed by atoms with Crippen LogP contribution < -0.4 is 10.6 Å². The summed E-state index contributed by atoms with van der Waals surface area (Å²) in [7, 11) is 0. The van der Waals surface area contributed by atoms with Crippen molar-refractivity contribution < 1.29 is 14.0 Å². The summed E-state index contributed by atoms with van der Waals surface area (Å²) in [6.07, 6.45) is 3.59. The van der Waals surface area contributed by atoms with Crippen LogP contribution in [0.2, 0.25) is 5.02 Å². The van der Waals surface area contributed by atoms with Crippen molar-refractivity contribution in [3.05, 3.63) is 106 Å². The molecule has 168 valence electrons. The summed E-state index contributed by atoms with van der Waals surface area (Å²) in [5.41, 5.74) is 6.58. The molecule has 0 radical (unpaired) electrons. The van der Waals surface area contributed by atoms with Crippen LogP contribution in [-0.4, -0.2) is 23.8 Å². The lowest BCUT2D eigenvalue weighted by atomic mass is 9.67. The topological polar surface area (TPSA) is 87.2 Å². The predicted octanol–water partition coefficient (Wildman–Crippen LogP) is 4.73. The van der Waals surface area contributed by atoms with Crippen LogP contribution in [0.5, 0.6) is 0 Å². The molecule has 0 bridgehead atoms. The molecule has 0 aliphatic carbocycles. The van der Waals surface area contributed by atoms with E-state index in [1.54, 1.807) is 30.3 Å². The van der Waals surface area contributed by atoms with Crippen molar-refractivity contribution in [2.45, 2.75) is 18.0 Å². The minimum atomic E-state index is -1.77. The molecule has 3 aromatic carbocycles. The first-order valence-electron chi connectivity index (χ1n) is 10.7. The number of fused-ring (bicyclic) bond motifs is 3. The van der Waals surface area contributed by atoms with Gasteiger partial charge in [-0.05, 0) is 53.6 Å². The second kappa shape index (κ2) is 8.12. The Kier molecular flexibility index (Phi) is 5.22. The van der Waals surface area contributed by atoms with Crippen molar-refractivity contribution in [1.82, 2.24) is 0 Å². The number of Topliss-reactive ketones (excluding diaryl/α,β-unsaturated/α-hetero) is 1. The predicted molar refractivity (Wildman–Crippen MR) is 128 cm³/mol. The Balaban J connectivity index is 1.80. The summed E-state index contributed by atoms with van der Waals surface area (Å²) in [6.45, 7) is 0. The van der Waals surface area contributed by atoms with Gasteiger partial charge in [0.1, 0.15) is 11.9 Å². The first-order valence-corrected chi connectivity index (χ1v) is 11.1. The molecule has 0 aromatic heterocycles. The third-order valence-corrected chi connectivity index (χ3v) is 7.02. The number of anilines is 1. The molecule has 1 fully saturated rings. The van der Waals surface area contributed by atoms with Crippen molar-refractivity contribution in [1.29, 1.82) is 5.26 Å². The maximum atomic E-state index is 14.1. The quantitative estimate of drug-likeness (QED) is 0.557. The number of ketones is 1. The van der Waals surface area contributed by atoms with Crippen molar-refractivity contribution in [3.63, 3.8) is 0 Å². The minimum absolute atomic E-state index is 0.292. The highest BCUT2D eigenvalue weighted by atomic mass is 35.5. The average Bonchev–Trinajstić information content (AvgIpc) is 3.16. The van der Waals surface area contributed by atoms with E-state index in [1.165, 1.54) is 24.3 Å². The number of halogens is 2. The van der Waals surface area contributed by atoms with E-state index in [0.717, 1.165) is 5.56 Å². The zero-order valence-corrected chi connectivity index (χ0v) is 18.6. The van der Waals surface area contributed by atoms with Gasteiger partial charge in [0.2, 0.25) is 5.91 Å². The third kappa shape index (κ3) is 3.12. The van der Waals surface area contributed by atoms with Gasteiger partial charge in [0.25, 0.3) is 0 Å². The SMILES string of the molecule is N#C[C@]1(C(N)=O)[C@H](c2ccc(F)cc2)[C@@H](C(=O)c2ccc(Cl)cc2)N2c3ccccc3C=C[C@H]21. The Bertz CT molecular complexity index is 1360. The maximum absolute atomic E-state index is 14.1. The molecular formula is C27H19ClFN3O2. The van der Waals surface area contributed by atoms with Crippen molar-refractivity contribution >= 4 is 35.1 Å². The van der Waals surface area contributed by atoms with E-state index in [4.69, 9.17) is 17.3 Å². The molecule has 34 heavy (non-hydrogen) atoms. The molecule has 0 spiro atoms. The number of benzene rings is 3. The molecule has 0 saturated carbocycles. The van der Waals surface area contributed by atoms with Gasteiger partial charge < -0.3 is 10.6 Å². The Labute approximate surface area is 200 Å². The fourth-order valence-corrected chi connectivity index (χ4v) is 5.38. The van der Waals surface area contributed by atoms with Gasteiger partial charge in [0, 0.05) is 22.2 Å². The van der Waals surface area contributed by atoms with Gasteiger partial charge in [-0.1, -0.05) is 54.1 Å². The van der Waals surface area contributed by atoms with E-state index in [-0.39, 0.29) is 5.78 Å². The number of primary amides is 1. The number of nitrogens with two attached hydrogens (primary N) is 1. The smallest absolute Gasteiger partial charge is 0.241 e. The summed E-state index contributed by atoms with van der Waals surface area (Å²) in [4.78, 5) is 28.9. The zero-order valence-electron chi connectivity index (χ0n) is 17.9. The lowest BCUT2D eigenvalue weighted by molar-refractivity contribution is -0.125.